The third-order valence-electron chi connectivity index (χ3n) is 3.61. The van der Waals surface area contributed by atoms with Crippen LogP contribution in [-0.4, -0.2) is 48.7 Å². The van der Waals surface area contributed by atoms with Crippen LogP contribution in [0.25, 0.3) is 0 Å². The monoisotopic (exact) mass is 269 g/mol. The Morgan fingerprint density at radius 3 is 2.53 bits per heavy atom. The van der Waals surface area contributed by atoms with Crippen LogP contribution in [0, 0.1) is 5.41 Å². The maximum absolute atomic E-state index is 11.8. The molecule has 1 aliphatic carbocycles. The Labute approximate surface area is 114 Å². The van der Waals surface area contributed by atoms with E-state index in [-0.39, 0.29) is 17.6 Å². The predicted octanol–water partition coefficient (Wildman–Crippen LogP) is 1.99. The first kappa shape index (κ1) is 14.3. The summed E-state index contributed by atoms with van der Waals surface area (Å²) < 4.78 is 10.9. The number of aldehydes is 1. The number of hydrogen-bond acceptors (Lipinski definition) is 4. The summed E-state index contributed by atoms with van der Waals surface area (Å²) in [6, 6.07) is 0. The zero-order valence-corrected chi connectivity index (χ0v) is 12.0. The van der Waals surface area contributed by atoms with Crippen LogP contribution in [0.3, 0.4) is 0 Å². The molecule has 1 spiro atoms. The molecule has 0 atom stereocenters. The van der Waals surface area contributed by atoms with E-state index in [1.165, 1.54) is 0 Å². The van der Waals surface area contributed by atoms with Crippen LogP contribution in [-0.2, 0) is 14.3 Å². The van der Waals surface area contributed by atoms with Crippen molar-refractivity contribution in [1.29, 1.82) is 0 Å². The number of amides is 1. The average Bonchev–Trinajstić information content (AvgIpc) is 2.15. The molecule has 1 saturated heterocycles. The van der Waals surface area contributed by atoms with E-state index in [1.54, 1.807) is 4.90 Å². The van der Waals surface area contributed by atoms with Gasteiger partial charge in [-0.3, -0.25) is 0 Å². The van der Waals surface area contributed by atoms with Gasteiger partial charge in [-0.15, -0.1) is 0 Å². The van der Waals surface area contributed by atoms with E-state index in [2.05, 4.69) is 0 Å². The fourth-order valence-corrected chi connectivity index (χ4v) is 2.78. The Bertz CT molecular complexity index is 347. The summed E-state index contributed by atoms with van der Waals surface area (Å²) >= 11 is 0. The van der Waals surface area contributed by atoms with Crippen molar-refractivity contribution in [2.75, 3.05) is 19.7 Å². The molecule has 2 fully saturated rings. The van der Waals surface area contributed by atoms with Crippen molar-refractivity contribution in [2.45, 2.75) is 51.7 Å². The molecule has 19 heavy (non-hydrogen) atoms. The lowest BCUT2D eigenvalue weighted by Gasteiger charge is -2.58. The molecule has 1 saturated carbocycles. The van der Waals surface area contributed by atoms with Gasteiger partial charge in [-0.2, -0.15) is 0 Å². The molecule has 0 aromatic carbocycles. The molecule has 5 nitrogen and oxygen atoms in total. The summed E-state index contributed by atoms with van der Waals surface area (Å²) in [7, 11) is 0. The van der Waals surface area contributed by atoms with Gasteiger partial charge in [-0.25, -0.2) is 4.79 Å². The number of nitrogens with zero attached hydrogens (tertiary/aromatic N) is 1. The van der Waals surface area contributed by atoms with Crippen LogP contribution in [0.5, 0.6) is 0 Å². The first-order chi connectivity index (χ1) is 8.84. The highest BCUT2D eigenvalue weighted by Gasteiger charge is 2.54. The van der Waals surface area contributed by atoms with Gasteiger partial charge in [0.2, 0.25) is 0 Å². The first-order valence-corrected chi connectivity index (χ1v) is 6.87. The summed E-state index contributed by atoms with van der Waals surface area (Å²) in [6.07, 6.45) is 3.37. The van der Waals surface area contributed by atoms with Crippen LogP contribution in [0.4, 0.5) is 4.79 Å². The Morgan fingerprint density at radius 2 is 2.00 bits per heavy atom. The van der Waals surface area contributed by atoms with E-state index in [0.29, 0.717) is 13.0 Å². The van der Waals surface area contributed by atoms with Gasteiger partial charge in [0.05, 0.1) is 12.7 Å². The van der Waals surface area contributed by atoms with E-state index in [4.69, 9.17) is 9.47 Å². The summed E-state index contributed by atoms with van der Waals surface area (Å²) in [5.41, 5.74) is -0.178. The smallest absolute Gasteiger partial charge is 0.410 e. The van der Waals surface area contributed by atoms with Crippen LogP contribution < -0.4 is 0 Å². The molecule has 0 radical (unpaired) electrons. The second kappa shape index (κ2) is 5.12. The average molecular weight is 269 g/mol. The molecular weight excluding hydrogens is 246 g/mol. The fourth-order valence-electron chi connectivity index (χ4n) is 2.78. The van der Waals surface area contributed by atoms with Crippen molar-refractivity contribution >= 4 is 12.4 Å². The standard InChI is InChI=1S/C14H23NO4/c1-13(2,3)19-12(17)15-9-14(10-15)7-11(8-14)18-6-4-5-16/h5,11H,4,6-10H2,1-3H3. The molecule has 1 aliphatic heterocycles. The van der Waals surface area contributed by atoms with Crippen molar-refractivity contribution in [2.24, 2.45) is 5.41 Å². The maximum atomic E-state index is 11.8. The van der Waals surface area contributed by atoms with E-state index in [1.807, 2.05) is 20.8 Å². The number of ether oxygens (including phenoxy) is 2. The molecule has 0 unspecified atom stereocenters. The minimum atomic E-state index is -0.431. The molecule has 1 amide bonds. The van der Waals surface area contributed by atoms with Crippen LogP contribution in [0.15, 0.2) is 0 Å². The van der Waals surface area contributed by atoms with Gasteiger partial charge in [0.1, 0.15) is 11.9 Å². The van der Waals surface area contributed by atoms with E-state index in [9.17, 15) is 9.59 Å². The number of hydrogen-bond donors (Lipinski definition) is 0. The largest absolute Gasteiger partial charge is 0.444 e. The van der Waals surface area contributed by atoms with Crippen LogP contribution in [0.2, 0.25) is 0 Å². The number of rotatable bonds is 4. The summed E-state index contributed by atoms with van der Waals surface area (Å²) in [5, 5.41) is 0. The van der Waals surface area contributed by atoms with Gasteiger partial charge in [0.25, 0.3) is 0 Å². The molecule has 0 aromatic heterocycles. The minimum absolute atomic E-state index is 0.219. The molecule has 1 heterocycles. The highest BCUT2D eigenvalue weighted by Crippen LogP contribution is 2.49. The molecule has 0 aromatic rings. The third kappa shape index (κ3) is 3.47. The van der Waals surface area contributed by atoms with Gasteiger partial charge in [0.15, 0.2) is 0 Å². The summed E-state index contributed by atoms with van der Waals surface area (Å²) in [4.78, 5) is 23.7. The van der Waals surface area contributed by atoms with Gasteiger partial charge >= 0.3 is 6.09 Å². The number of carbonyl (C=O) groups excluding carboxylic acids is 2. The van der Waals surface area contributed by atoms with Gasteiger partial charge < -0.3 is 19.2 Å². The van der Waals surface area contributed by atoms with Crippen molar-refractivity contribution in [3.63, 3.8) is 0 Å². The number of carbonyl (C=O) groups is 2. The third-order valence-corrected chi connectivity index (χ3v) is 3.61. The molecular formula is C14H23NO4. The summed E-state index contributed by atoms with van der Waals surface area (Å²) in [6.45, 7) is 7.69. The van der Waals surface area contributed by atoms with Gasteiger partial charge in [0, 0.05) is 24.9 Å². The highest BCUT2D eigenvalue weighted by atomic mass is 16.6. The zero-order chi connectivity index (χ0) is 14.1. The van der Waals surface area contributed by atoms with E-state index >= 15 is 0 Å². The van der Waals surface area contributed by atoms with Crippen molar-refractivity contribution in [3.8, 4) is 0 Å². The Kier molecular flexibility index (Phi) is 3.85. The van der Waals surface area contributed by atoms with Crippen LogP contribution in [0.1, 0.15) is 40.0 Å². The Balaban J connectivity index is 1.65. The molecule has 2 aliphatic rings. The molecule has 108 valence electrons. The SMILES string of the molecule is CC(C)(C)OC(=O)N1CC2(CC(OCCC=O)C2)C1. The lowest BCUT2D eigenvalue weighted by molar-refractivity contribution is -0.147. The van der Waals surface area contributed by atoms with Gasteiger partial charge in [-0.05, 0) is 33.6 Å². The van der Waals surface area contributed by atoms with E-state index < -0.39 is 5.60 Å². The van der Waals surface area contributed by atoms with Crippen molar-refractivity contribution in [1.82, 2.24) is 4.90 Å². The number of likely N-dealkylation sites (tertiary alicyclic amines) is 1. The topological polar surface area (TPSA) is 55.8 Å². The fraction of sp³-hybridized carbons (Fsp3) is 0.857. The molecule has 0 N–H and O–H groups in total. The lowest BCUT2D eigenvalue weighted by Crippen LogP contribution is -2.65. The van der Waals surface area contributed by atoms with E-state index in [0.717, 1.165) is 32.2 Å². The van der Waals surface area contributed by atoms with Crippen molar-refractivity contribution in [3.05, 3.63) is 0 Å². The predicted molar refractivity (Wildman–Crippen MR) is 69.9 cm³/mol. The summed E-state index contributed by atoms with van der Waals surface area (Å²) in [5.74, 6) is 0. The highest BCUT2D eigenvalue weighted by molar-refractivity contribution is 5.69. The molecule has 0 bridgehead atoms. The normalized spacial score (nSPS) is 21.7. The second-order valence-corrected chi connectivity index (χ2v) is 6.69. The second-order valence-electron chi connectivity index (χ2n) is 6.69. The first-order valence-electron chi connectivity index (χ1n) is 6.87. The molecule has 5 heteroatoms. The zero-order valence-electron chi connectivity index (χ0n) is 12.0. The molecule has 2 rings (SSSR count). The Morgan fingerprint density at radius 1 is 1.37 bits per heavy atom. The quantitative estimate of drug-likeness (QED) is 0.578. The maximum Gasteiger partial charge on any atom is 0.410 e. The lowest BCUT2D eigenvalue weighted by atomic mass is 9.62. The van der Waals surface area contributed by atoms with Gasteiger partial charge in [-0.1, -0.05) is 0 Å². The van der Waals surface area contributed by atoms with Crippen LogP contribution >= 0.6 is 0 Å². The minimum Gasteiger partial charge on any atom is -0.444 e. The van der Waals surface area contributed by atoms with Crippen molar-refractivity contribution < 1.29 is 19.1 Å². The Hall–Kier alpha value is -1.10.